The van der Waals surface area contributed by atoms with Crippen LogP contribution in [0.2, 0.25) is 0 Å². The fraction of sp³-hybridized carbons (Fsp3) is 0.333. The summed E-state index contributed by atoms with van der Waals surface area (Å²) >= 11 is 0. The summed E-state index contributed by atoms with van der Waals surface area (Å²) in [5.74, 6) is 1.22. The van der Waals surface area contributed by atoms with Gasteiger partial charge in [0, 0.05) is 6.42 Å². The van der Waals surface area contributed by atoms with Gasteiger partial charge in [0.1, 0.15) is 5.82 Å². The summed E-state index contributed by atoms with van der Waals surface area (Å²) in [6.07, 6.45) is -0.557. The second kappa shape index (κ2) is 5.19. The van der Waals surface area contributed by atoms with E-state index in [1.54, 1.807) is 0 Å². The van der Waals surface area contributed by atoms with Crippen LogP contribution in [0.1, 0.15) is 30.1 Å². The first kappa shape index (κ1) is 13.5. The standard InChI is InChI=1S/C12H10F4O/c1-2-3-4-11(17)8-5-9(12(14,15)16)7-10(13)6-8/h1,5-7,11,17H,3-4H2. The Labute approximate surface area is 96.1 Å². The highest BCUT2D eigenvalue weighted by Crippen LogP contribution is 2.32. The van der Waals surface area contributed by atoms with Crippen molar-refractivity contribution >= 4 is 0 Å². The summed E-state index contributed by atoms with van der Waals surface area (Å²) in [5, 5.41) is 9.54. The molecular weight excluding hydrogens is 236 g/mol. The molecule has 0 heterocycles. The highest BCUT2D eigenvalue weighted by molar-refractivity contribution is 5.28. The molecule has 0 spiro atoms. The molecule has 0 saturated heterocycles. The van der Waals surface area contributed by atoms with Crippen LogP contribution in [0.25, 0.3) is 0 Å². The van der Waals surface area contributed by atoms with Crippen LogP contribution in [0.5, 0.6) is 0 Å². The fourth-order valence-electron chi connectivity index (χ4n) is 1.36. The Bertz CT molecular complexity index is 431. The van der Waals surface area contributed by atoms with Crippen LogP contribution in [-0.2, 0) is 6.18 Å². The summed E-state index contributed by atoms with van der Waals surface area (Å²) in [5.41, 5.74) is -1.24. The van der Waals surface area contributed by atoms with E-state index in [4.69, 9.17) is 6.42 Å². The molecule has 1 aromatic carbocycles. The first-order valence-corrected chi connectivity index (χ1v) is 4.84. The Balaban J connectivity index is 3.02. The fourth-order valence-corrected chi connectivity index (χ4v) is 1.36. The summed E-state index contributed by atoms with van der Waals surface area (Å²) in [6, 6.07) is 1.98. The van der Waals surface area contributed by atoms with Crippen molar-refractivity contribution in [3.05, 3.63) is 35.1 Å². The van der Waals surface area contributed by atoms with Gasteiger partial charge in [0.2, 0.25) is 0 Å². The van der Waals surface area contributed by atoms with Gasteiger partial charge in [-0.15, -0.1) is 12.3 Å². The maximum Gasteiger partial charge on any atom is 0.416 e. The Hall–Kier alpha value is -1.54. The second-order valence-corrected chi connectivity index (χ2v) is 3.53. The summed E-state index contributed by atoms with van der Waals surface area (Å²) in [4.78, 5) is 0. The summed E-state index contributed by atoms with van der Waals surface area (Å²) < 4.78 is 50.1. The van der Waals surface area contributed by atoms with E-state index in [-0.39, 0.29) is 18.4 Å². The molecule has 0 aliphatic heterocycles. The molecule has 0 bridgehead atoms. The topological polar surface area (TPSA) is 20.2 Å². The summed E-state index contributed by atoms with van der Waals surface area (Å²) in [6.45, 7) is 0. The van der Waals surface area contributed by atoms with Gasteiger partial charge in [-0.3, -0.25) is 0 Å². The van der Waals surface area contributed by atoms with Gasteiger partial charge in [0.05, 0.1) is 11.7 Å². The third kappa shape index (κ3) is 3.75. The quantitative estimate of drug-likeness (QED) is 0.641. The molecule has 0 aliphatic carbocycles. The van der Waals surface area contributed by atoms with Gasteiger partial charge >= 0.3 is 6.18 Å². The molecular formula is C12H10F4O. The minimum atomic E-state index is -4.64. The van der Waals surface area contributed by atoms with Crippen LogP contribution in [-0.4, -0.2) is 5.11 Å². The minimum absolute atomic E-state index is 0.0945. The largest absolute Gasteiger partial charge is 0.416 e. The molecule has 0 radical (unpaired) electrons. The molecule has 1 nitrogen and oxygen atoms in total. The van der Waals surface area contributed by atoms with Crippen LogP contribution in [0.3, 0.4) is 0 Å². The average molecular weight is 246 g/mol. The lowest BCUT2D eigenvalue weighted by Crippen LogP contribution is -2.08. The molecule has 92 valence electrons. The molecule has 0 saturated carbocycles. The maximum absolute atomic E-state index is 13.0. The molecule has 1 unspecified atom stereocenters. The van der Waals surface area contributed by atoms with Crippen molar-refractivity contribution < 1.29 is 22.7 Å². The van der Waals surface area contributed by atoms with Crippen molar-refractivity contribution in [2.45, 2.75) is 25.1 Å². The SMILES string of the molecule is C#CCCC(O)c1cc(F)cc(C(F)(F)F)c1. The van der Waals surface area contributed by atoms with Gasteiger partial charge in [0.15, 0.2) is 0 Å². The van der Waals surface area contributed by atoms with Crippen molar-refractivity contribution in [1.82, 2.24) is 0 Å². The normalized spacial score (nSPS) is 13.2. The van der Waals surface area contributed by atoms with Gasteiger partial charge in [-0.25, -0.2) is 4.39 Å². The van der Waals surface area contributed by atoms with E-state index in [1.807, 2.05) is 0 Å². The first-order chi connectivity index (χ1) is 7.84. The smallest absolute Gasteiger partial charge is 0.388 e. The Kier molecular flexibility index (Phi) is 4.13. The Morgan fingerprint density at radius 2 is 1.94 bits per heavy atom. The number of terminal acetylenes is 1. The predicted octanol–water partition coefficient (Wildman–Crippen LogP) is 3.29. The monoisotopic (exact) mass is 246 g/mol. The number of hydrogen-bond acceptors (Lipinski definition) is 1. The van der Waals surface area contributed by atoms with Gasteiger partial charge in [-0.05, 0) is 30.2 Å². The van der Waals surface area contributed by atoms with Gasteiger partial charge in [-0.1, -0.05) is 0 Å². The third-order valence-electron chi connectivity index (χ3n) is 2.19. The lowest BCUT2D eigenvalue weighted by Gasteiger charge is -2.13. The third-order valence-corrected chi connectivity index (χ3v) is 2.19. The molecule has 17 heavy (non-hydrogen) atoms. The van der Waals surface area contributed by atoms with Gasteiger partial charge in [-0.2, -0.15) is 13.2 Å². The molecule has 1 rings (SSSR count). The molecule has 1 N–H and O–H groups in total. The van der Waals surface area contributed by atoms with Gasteiger partial charge in [0.25, 0.3) is 0 Å². The van der Waals surface area contributed by atoms with Crippen LogP contribution in [0.4, 0.5) is 17.6 Å². The molecule has 0 aliphatic rings. The van der Waals surface area contributed by atoms with Crippen molar-refractivity contribution in [3.63, 3.8) is 0 Å². The average Bonchev–Trinajstić information content (AvgIpc) is 2.23. The van der Waals surface area contributed by atoms with Crippen molar-refractivity contribution in [2.24, 2.45) is 0 Å². The first-order valence-electron chi connectivity index (χ1n) is 4.84. The zero-order valence-corrected chi connectivity index (χ0v) is 8.76. The number of hydrogen-bond donors (Lipinski definition) is 1. The number of aliphatic hydroxyl groups is 1. The van der Waals surface area contributed by atoms with E-state index in [0.717, 1.165) is 12.1 Å². The molecule has 0 aromatic heterocycles. The zero-order chi connectivity index (χ0) is 13.1. The maximum atomic E-state index is 13.0. The highest BCUT2D eigenvalue weighted by atomic mass is 19.4. The number of benzene rings is 1. The van der Waals surface area contributed by atoms with Crippen molar-refractivity contribution in [1.29, 1.82) is 0 Å². The lowest BCUT2D eigenvalue weighted by molar-refractivity contribution is -0.137. The molecule has 1 aromatic rings. The molecule has 5 heteroatoms. The van der Waals surface area contributed by atoms with Crippen LogP contribution >= 0.6 is 0 Å². The van der Waals surface area contributed by atoms with E-state index < -0.39 is 23.7 Å². The van der Waals surface area contributed by atoms with Crippen LogP contribution < -0.4 is 0 Å². The van der Waals surface area contributed by atoms with E-state index in [2.05, 4.69) is 5.92 Å². The molecule has 0 fully saturated rings. The zero-order valence-electron chi connectivity index (χ0n) is 8.76. The van der Waals surface area contributed by atoms with E-state index in [0.29, 0.717) is 6.07 Å². The van der Waals surface area contributed by atoms with Crippen LogP contribution in [0, 0.1) is 18.2 Å². The minimum Gasteiger partial charge on any atom is -0.388 e. The Morgan fingerprint density at radius 1 is 1.29 bits per heavy atom. The van der Waals surface area contributed by atoms with Crippen molar-refractivity contribution in [3.8, 4) is 12.3 Å². The van der Waals surface area contributed by atoms with E-state index in [1.165, 1.54) is 0 Å². The van der Waals surface area contributed by atoms with E-state index in [9.17, 15) is 22.7 Å². The van der Waals surface area contributed by atoms with Crippen LogP contribution in [0.15, 0.2) is 18.2 Å². The predicted molar refractivity (Wildman–Crippen MR) is 54.4 cm³/mol. The van der Waals surface area contributed by atoms with Crippen molar-refractivity contribution in [2.75, 3.05) is 0 Å². The second-order valence-electron chi connectivity index (χ2n) is 3.53. The highest BCUT2D eigenvalue weighted by Gasteiger charge is 2.31. The number of alkyl halides is 3. The molecule has 0 amide bonds. The Morgan fingerprint density at radius 3 is 2.47 bits per heavy atom. The lowest BCUT2D eigenvalue weighted by atomic mass is 10.0. The van der Waals surface area contributed by atoms with Gasteiger partial charge < -0.3 is 5.11 Å². The summed E-state index contributed by atoms with van der Waals surface area (Å²) in [7, 11) is 0. The van der Waals surface area contributed by atoms with E-state index >= 15 is 0 Å². The number of halogens is 4. The number of rotatable bonds is 3. The number of aliphatic hydroxyl groups excluding tert-OH is 1. The molecule has 1 atom stereocenters.